The van der Waals surface area contributed by atoms with E-state index in [9.17, 15) is 39.9 Å². The number of nitrogens with two attached hydrogens (primary N) is 1. The molecule has 35 heavy (non-hydrogen) atoms. The van der Waals surface area contributed by atoms with Gasteiger partial charge in [-0.3, -0.25) is 14.4 Å². The van der Waals surface area contributed by atoms with Gasteiger partial charge in [0, 0.05) is 18.3 Å². The van der Waals surface area contributed by atoms with Crippen molar-refractivity contribution >= 4 is 29.1 Å². The first-order valence-electron chi connectivity index (χ1n) is 10.8. The molecule has 2 aromatic rings. The second kappa shape index (κ2) is 7.66. The summed E-state index contributed by atoms with van der Waals surface area (Å²) < 4.78 is 0. The Hall–Kier alpha value is -4.21. The van der Waals surface area contributed by atoms with Gasteiger partial charge in [-0.1, -0.05) is 48.5 Å². The van der Waals surface area contributed by atoms with Gasteiger partial charge in [-0.05, 0) is 22.8 Å². The lowest BCUT2D eigenvalue weighted by atomic mass is 9.57. The number of phenolic OH excluding ortho intramolecular Hbond substituents is 1. The summed E-state index contributed by atoms with van der Waals surface area (Å²) in [6.45, 7) is 0. The van der Waals surface area contributed by atoms with Crippen molar-refractivity contribution in [2.24, 2.45) is 17.6 Å². The molecule has 0 fully saturated rings. The van der Waals surface area contributed by atoms with Crippen molar-refractivity contribution in [3.8, 4) is 5.75 Å². The fraction of sp³-hybridized carbons (Fsp3) is 0.192. The summed E-state index contributed by atoms with van der Waals surface area (Å²) in [4.78, 5) is 38.4. The topological polar surface area (TPSA) is 178 Å². The minimum atomic E-state index is -2.88. The van der Waals surface area contributed by atoms with E-state index in [0.29, 0.717) is 16.7 Å². The molecule has 3 aliphatic carbocycles. The van der Waals surface area contributed by atoms with Gasteiger partial charge in [-0.2, -0.15) is 0 Å². The molecule has 5 rings (SSSR count). The zero-order valence-electron chi connectivity index (χ0n) is 18.2. The number of aromatic hydroxyl groups is 1. The fourth-order valence-corrected chi connectivity index (χ4v) is 5.41. The molecule has 9 heteroatoms. The summed E-state index contributed by atoms with van der Waals surface area (Å²) in [7, 11) is 0. The van der Waals surface area contributed by atoms with Crippen LogP contribution < -0.4 is 5.73 Å². The number of aliphatic hydroxyl groups excluding tert-OH is 3. The maximum atomic E-state index is 13.5. The van der Waals surface area contributed by atoms with Crippen LogP contribution in [0.3, 0.4) is 0 Å². The predicted molar refractivity (Wildman–Crippen MR) is 123 cm³/mol. The first-order chi connectivity index (χ1) is 16.6. The second-order valence-electron chi connectivity index (χ2n) is 8.86. The number of carbonyl (C=O) groups excluding carboxylic acids is 3. The van der Waals surface area contributed by atoms with E-state index >= 15 is 0 Å². The quantitative estimate of drug-likeness (QED) is 0.354. The van der Waals surface area contributed by atoms with Crippen LogP contribution in [0.4, 0.5) is 0 Å². The van der Waals surface area contributed by atoms with E-state index in [4.69, 9.17) is 5.73 Å². The summed E-state index contributed by atoms with van der Waals surface area (Å²) in [6.07, 6.45) is -0.512. The number of primary amides is 1. The number of hydrogen-bond donors (Lipinski definition) is 6. The molecular weight excluding hydrogens is 454 g/mol. The lowest BCUT2D eigenvalue weighted by Gasteiger charge is -2.49. The molecule has 0 aliphatic heterocycles. The molecule has 7 N–H and O–H groups in total. The molecule has 0 spiro atoms. The predicted octanol–water partition coefficient (Wildman–Crippen LogP) is 1.55. The van der Waals surface area contributed by atoms with Gasteiger partial charge in [0.2, 0.25) is 5.78 Å². The van der Waals surface area contributed by atoms with Gasteiger partial charge in [0.25, 0.3) is 5.91 Å². The van der Waals surface area contributed by atoms with Crippen LogP contribution in [0.2, 0.25) is 0 Å². The van der Waals surface area contributed by atoms with Gasteiger partial charge in [0.05, 0.1) is 17.2 Å². The molecule has 9 nitrogen and oxygen atoms in total. The highest BCUT2D eigenvalue weighted by Crippen LogP contribution is 2.55. The van der Waals surface area contributed by atoms with Crippen LogP contribution in [0.15, 0.2) is 71.2 Å². The van der Waals surface area contributed by atoms with Crippen molar-refractivity contribution in [3.05, 3.63) is 87.9 Å². The first-order valence-corrected chi connectivity index (χ1v) is 10.8. The Labute approximate surface area is 198 Å². The van der Waals surface area contributed by atoms with Crippen LogP contribution in [0.25, 0.3) is 11.6 Å². The van der Waals surface area contributed by atoms with E-state index in [2.05, 4.69) is 0 Å². The molecule has 0 saturated heterocycles. The van der Waals surface area contributed by atoms with Crippen LogP contribution in [0.1, 0.15) is 27.9 Å². The van der Waals surface area contributed by atoms with Crippen molar-refractivity contribution in [1.82, 2.24) is 0 Å². The summed E-state index contributed by atoms with van der Waals surface area (Å²) in [5, 5.41) is 54.9. The summed E-state index contributed by atoms with van der Waals surface area (Å²) in [5.74, 6) is -8.48. The van der Waals surface area contributed by atoms with Crippen molar-refractivity contribution in [2.45, 2.75) is 18.1 Å². The first kappa shape index (κ1) is 22.6. The number of hydrogen-bond acceptors (Lipinski definition) is 8. The Morgan fingerprint density at radius 1 is 1.03 bits per heavy atom. The average molecular weight is 475 g/mol. The molecule has 0 heterocycles. The van der Waals surface area contributed by atoms with E-state index in [1.165, 1.54) is 12.1 Å². The van der Waals surface area contributed by atoms with Gasteiger partial charge >= 0.3 is 0 Å². The highest BCUT2D eigenvalue weighted by Gasteiger charge is 2.63. The maximum absolute atomic E-state index is 13.5. The number of benzene rings is 2. The molecule has 178 valence electrons. The molecule has 2 aromatic carbocycles. The zero-order chi connectivity index (χ0) is 25.2. The molecule has 4 atom stereocenters. The Kier molecular flexibility index (Phi) is 4.94. The Morgan fingerprint density at radius 3 is 2.37 bits per heavy atom. The number of Topliss-reactive ketones (excluding diaryl/α,β-unsaturated/α-hetero) is 2. The number of phenols is 1. The summed E-state index contributed by atoms with van der Waals surface area (Å²) >= 11 is 0. The van der Waals surface area contributed by atoms with Crippen LogP contribution in [0.5, 0.6) is 5.75 Å². The fourth-order valence-electron chi connectivity index (χ4n) is 5.41. The molecule has 3 aliphatic rings. The van der Waals surface area contributed by atoms with Crippen LogP contribution in [-0.4, -0.2) is 54.7 Å². The lowest BCUT2D eigenvalue weighted by molar-refractivity contribution is -0.152. The minimum Gasteiger partial charge on any atom is -0.511 e. The zero-order valence-corrected chi connectivity index (χ0v) is 18.2. The molecule has 1 amide bonds. The van der Waals surface area contributed by atoms with Gasteiger partial charge in [0.1, 0.15) is 22.8 Å². The highest BCUT2D eigenvalue weighted by atomic mass is 16.4. The van der Waals surface area contributed by atoms with Crippen LogP contribution in [0, 0.1) is 11.8 Å². The molecule has 0 aromatic heterocycles. The number of carbonyl (C=O) groups is 3. The highest BCUT2D eigenvalue weighted by molar-refractivity contribution is 6.25. The number of allylic oxidation sites excluding steroid dienone is 1. The number of aliphatic hydroxyl groups is 4. The van der Waals surface area contributed by atoms with E-state index in [-0.39, 0.29) is 11.3 Å². The Bertz CT molecular complexity index is 1400. The van der Waals surface area contributed by atoms with Gasteiger partial charge < -0.3 is 31.3 Å². The van der Waals surface area contributed by atoms with E-state index in [1.807, 2.05) is 0 Å². The largest absolute Gasteiger partial charge is 0.511 e. The third-order valence-corrected chi connectivity index (χ3v) is 7.02. The van der Waals surface area contributed by atoms with Crippen molar-refractivity contribution < 1.29 is 39.9 Å². The average Bonchev–Trinajstić information content (AvgIpc) is 2.81. The third-order valence-electron chi connectivity index (χ3n) is 7.02. The standard InChI is InChI=1S/C26H21NO8/c27-25(34)19-16(29)10-14-21(30)18-13(9-11-5-2-1-3-6-11)12-7-4-8-15(28)17(12)22(31)20(18)24(33)26(14,35)23(19)32/h1-9,14,18,21,28-30,33,35H,10H2,(H2,27,34)/b13-9+/t14-,18-,21-,26-/m1/s1. The van der Waals surface area contributed by atoms with Crippen LogP contribution in [-0.2, 0) is 9.59 Å². The van der Waals surface area contributed by atoms with Crippen molar-refractivity contribution in [1.29, 1.82) is 0 Å². The van der Waals surface area contributed by atoms with Crippen molar-refractivity contribution in [2.75, 3.05) is 0 Å². The molecule has 0 radical (unpaired) electrons. The normalized spacial score (nSPS) is 29.1. The van der Waals surface area contributed by atoms with E-state index < -0.39 is 70.1 Å². The smallest absolute Gasteiger partial charge is 0.255 e. The molecular formula is C26H21NO8. The van der Waals surface area contributed by atoms with Crippen molar-refractivity contribution in [3.63, 3.8) is 0 Å². The Morgan fingerprint density at radius 2 is 1.71 bits per heavy atom. The number of fused-ring (bicyclic) bond motifs is 3. The van der Waals surface area contributed by atoms with E-state index in [0.717, 1.165) is 0 Å². The number of rotatable bonds is 2. The number of amides is 1. The Balaban J connectivity index is 1.83. The van der Waals surface area contributed by atoms with Crippen LogP contribution >= 0.6 is 0 Å². The molecule has 0 bridgehead atoms. The molecule has 0 unspecified atom stereocenters. The van der Waals surface area contributed by atoms with Gasteiger partial charge in [-0.15, -0.1) is 0 Å². The number of ketones is 2. The van der Waals surface area contributed by atoms with Gasteiger partial charge in [-0.25, -0.2) is 0 Å². The second-order valence-corrected chi connectivity index (χ2v) is 8.86. The third kappa shape index (κ3) is 2.99. The summed E-state index contributed by atoms with van der Waals surface area (Å²) in [6, 6.07) is 13.3. The lowest BCUT2D eigenvalue weighted by Crippen LogP contribution is -2.62. The van der Waals surface area contributed by atoms with E-state index in [1.54, 1.807) is 42.5 Å². The van der Waals surface area contributed by atoms with Gasteiger partial charge in [0.15, 0.2) is 11.4 Å². The molecule has 0 saturated carbocycles. The minimum absolute atomic E-state index is 0.168. The SMILES string of the molecule is NC(=O)C1=C(O)C[C@@H]2[C@@H](O)[C@H]3C(=C(O)[C@]2(O)C1=O)C(=O)c1c(O)cccc1/C3=C\c1ccccc1. The monoisotopic (exact) mass is 475 g/mol. The summed E-state index contributed by atoms with van der Waals surface area (Å²) in [5.41, 5.74) is 2.12. The maximum Gasteiger partial charge on any atom is 0.255 e.